The van der Waals surface area contributed by atoms with Crippen LogP contribution in [0.3, 0.4) is 0 Å². The van der Waals surface area contributed by atoms with Crippen molar-refractivity contribution in [2.24, 2.45) is 0 Å². The standard InChI is InChI=1S/C24H25Cl2OP/c25-24(27)19-11-4-12-20-28(26,21-13-5-1-6-14-21,22-15-7-2-8-16-22)23-17-9-3-10-18-23/h1-3,5-10,13-18H,4,11-12,19-20H2. The molecule has 0 N–H and O–H groups in total. The van der Waals surface area contributed by atoms with Crippen molar-refractivity contribution in [1.29, 1.82) is 0 Å². The van der Waals surface area contributed by atoms with Crippen LogP contribution in [0.1, 0.15) is 25.7 Å². The van der Waals surface area contributed by atoms with E-state index in [1.54, 1.807) is 0 Å². The van der Waals surface area contributed by atoms with Gasteiger partial charge >= 0.3 is 178 Å². The molecule has 4 heteroatoms. The van der Waals surface area contributed by atoms with E-state index in [1.807, 2.05) is 18.2 Å². The normalized spacial score (nSPS) is 12.9. The molecule has 0 saturated carbocycles. The molecule has 0 spiro atoms. The fourth-order valence-electron chi connectivity index (χ4n) is 3.90. The van der Waals surface area contributed by atoms with E-state index in [2.05, 4.69) is 72.8 Å². The summed E-state index contributed by atoms with van der Waals surface area (Å²) in [5.41, 5.74) is 0. The summed E-state index contributed by atoms with van der Waals surface area (Å²) in [6, 6.07) is 31.5. The van der Waals surface area contributed by atoms with E-state index in [0.717, 1.165) is 25.4 Å². The van der Waals surface area contributed by atoms with Gasteiger partial charge in [-0.05, 0) is 0 Å². The Morgan fingerprint density at radius 2 is 1.04 bits per heavy atom. The number of unbranched alkanes of at least 4 members (excludes halogenated alkanes) is 2. The summed E-state index contributed by atoms with van der Waals surface area (Å²) >= 11 is 13.5. The van der Waals surface area contributed by atoms with E-state index in [0.29, 0.717) is 6.42 Å². The Morgan fingerprint density at radius 1 is 0.643 bits per heavy atom. The molecule has 0 radical (unpaired) electrons. The number of rotatable bonds is 9. The Labute approximate surface area is 177 Å². The fourth-order valence-corrected chi connectivity index (χ4v) is 10.3. The Balaban J connectivity index is 2.12. The summed E-state index contributed by atoms with van der Waals surface area (Å²) in [6.45, 7) is 0. The third-order valence-corrected chi connectivity index (χ3v) is 13.1. The van der Waals surface area contributed by atoms with Crippen molar-refractivity contribution < 1.29 is 4.79 Å². The third-order valence-electron chi connectivity index (χ3n) is 5.34. The maximum atomic E-state index is 11.1. The number of hydrogen-bond donors (Lipinski definition) is 0. The number of hydrogen-bond acceptors (Lipinski definition) is 1. The molecule has 0 aliphatic heterocycles. The summed E-state index contributed by atoms with van der Waals surface area (Å²) in [4.78, 5) is 11.1. The summed E-state index contributed by atoms with van der Waals surface area (Å²) in [7, 11) is 0. The van der Waals surface area contributed by atoms with Crippen molar-refractivity contribution in [1.82, 2.24) is 0 Å². The van der Waals surface area contributed by atoms with Crippen LogP contribution in [0.15, 0.2) is 91.0 Å². The molecule has 146 valence electrons. The zero-order valence-corrected chi connectivity index (χ0v) is 18.2. The van der Waals surface area contributed by atoms with Gasteiger partial charge in [-0.3, -0.25) is 0 Å². The van der Waals surface area contributed by atoms with Gasteiger partial charge in [0.25, 0.3) is 0 Å². The first-order valence-electron chi connectivity index (χ1n) is 9.63. The molecule has 1 nitrogen and oxygen atoms in total. The van der Waals surface area contributed by atoms with Crippen LogP contribution in [0.2, 0.25) is 0 Å². The summed E-state index contributed by atoms with van der Waals surface area (Å²) in [6.07, 6.45) is 3.92. The van der Waals surface area contributed by atoms with E-state index in [4.69, 9.17) is 22.8 Å². The zero-order valence-electron chi connectivity index (χ0n) is 15.8. The third kappa shape index (κ3) is 4.18. The van der Waals surface area contributed by atoms with Gasteiger partial charge in [0.2, 0.25) is 0 Å². The first-order valence-corrected chi connectivity index (χ1v) is 13.3. The van der Waals surface area contributed by atoms with Gasteiger partial charge in [0.05, 0.1) is 0 Å². The Hall–Kier alpha value is -1.66. The minimum absolute atomic E-state index is 0.266. The van der Waals surface area contributed by atoms with E-state index in [1.165, 1.54) is 15.9 Å². The number of carbonyl (C=O) groups excluding carboxylic acids is 1. The molecule has 0 aromatic heterocycles. The molecule has 0 heterocycles. The van der Waals surface area contributed by atoms with Gasteiger partial charge in [-0.2, -0.15) is 0 Å². The predicted molar refractivity (Wildman–Crippen MR) is 125 cm³/mol. The summed E-state index contributed by atoms with van der Waals surface area (Å²) < 4.78 is 0. The molecule has 3 aromatic carbocycles. The Bertz CT molecular complexity index is 798. The minimum atomic E-state index is -3.16. The first kappa shape index (κ1) is 21.1. The van der Waals surface area contributed by atoms with Crippen LogP contribution in [-0.2, 0) is 4.79 Å². The summed E-state index contributed by atoms with van der Waals surface area (Å²) in [5.74, 6) is -3.16. The molecule has 3 aromatic rings. The quantitative estimate of drug-likeness (QED) is 0.231. The Morgan fingerprint density at radius 3 is 1.39 bits per heavy atom. The second-order valence-electron chi connectivity index (χ2n) is 7.08. The second kappa shape index (κ2) is 9.23. The van der Waals surface area contributed by atoms with Crippen molar-refractivity contribution >= 4 is 50.0 Å². The van der Waals surface area contributed by atoms with Crippen molar-refractivity contribution in [2.75, 3.05) is 6.16 Å². The van der Waals surface area contributed by atoms with E-state index in [-0.39, 0.29) is 5.24 Å². The van der Waals surface area contributed by atoms with Crippen LogP contribution in [0.4, 0.5) is 0 Å². The van der Waals surface area contributed by atoms with E-state index >= 15 is 0 Å². The number of carbonyl (C=O) groups is 1. The van der Waals surface area contributed by atoms with Crippen molar-refractivity contribution in [3.63, 3.8) is 0 Å². The van der Waals surface area contributed by atoms with Crippen LogP contribution in [0, 0.1) is 0 Å². The molecule has 0 fully saturated rings. The SMILES string of the molecule is O=C(Cl)CCCCCP(Cl)(c1ccccc1)(c1ccccc1)c1ccccc1. The van der Waals surface area contributed by atoms with Crippen LogP contribution in [-0.4, -0.2) is 11.4 Å². The monoisotopic (exact) mass is 430 g/mol. The molecule has 0 bridgehead atoms. The fraction of sp³-hybridized carbons (Fsp3) is 0.208. The zero-order chi connectivity index (χ0) is 19.9. The molecule has 3 rings (SSSR count). The van der Waals surface area contributed by atoms with Gasteiger partial charge in [0.1, 0.15) is 0 Å². The van der Waals surface area contributed by atoms with Gasteiger partial charge in [0.15, 0.2) is 0 Å². The molecule has 0 aliphatic carbocycles. The van der Waals surface area contributed by atoms with Crippen molar-refractivity contribution in [3.05, 3.63) is 91.0 Å². The van der Waals surface area contributed by atoms with Crippen molar-refractivity contribution in [3.8, 4) is 0 Å². The summed E-state index contributed by atoms with van der Waals surface area (Å²) in [5, 5.41) is 3.28. The van der Waals surface area contributed by atoms with Gasteiger partial charge in [0, 0.05) is 0 Å². The molecular weight excluding hydrogens is 406 g/mol. The van der Waals surface area contributed by atoms with Crippen LogP contribution >= 0.6 is 28.8 Å². The molecule has 0 atom stereocenters. The number of benzene rings is 3. The average molecular weight is 431 g/mol. The maximum absolute atomic E-state index is 11.1. The molecule has 28 heavy (non-hydrogen) atoms. The Kier molecular flexibility index (Phi) is 6.94. The molecular formula is C24H25Cl2OP. The molecule has 0 saturated heterocycles. The van der Waals surface area contributed by atoms with Gasteiger partial charge < -0.3 is 0 Å². The van der Waals surface area contributed by atoms with Crippen LogP contribution in [0.25, 0.3) is 0 Å². The van der Waals surface area contributed by atoms with Gasteiger partial charge in [-0.1, -0.05) is 0 Å². The van der Waals surface area contributed by atoms with Gasteiger partial charge in [-0.25, -0.2) is 0 Å². The molecule has 0 amide bonds. The molecule has 0 aliphatic rings. The van der Waals surface area contributed by atoms with E-state index < -0.39 is 5.96 Å². The predicted octanol–water partition coefficient (Wildman–Crippen LogP) is 6.00. The molecule has 0 unspecified atom stereocenters. The van der Waals surface area contributed by atoms with Gasteiger partial charge in [-0.15, -0.1) is 0 Å². The second-order valence-corrected chi connectivity index (χ2v) is 14.1. The van der Waals surface area contributed by atoms with Crippen LogP contribution in [0.5, 0.6) is 0 Å². The average Bonchev–Trinajstić information content (AvgIpc) is 2.75. The number of halogens is 2. The topological polar surface area (TPSA) is 17.1 Å². The van der Waals surface area contributed by atoms with Crippen molar-refractivity contribution in [2.45, 2.75) is 25.7 Å². The van der Waals surface area contributed by atoms with E-state index in [9.17, 15) is 4.79 Å². The van der Waals surface area contributed by atoms with Crippen LogP contribution < -0.4 is 15.9 Å². The first-order chi connectivity index (χ1) is 13.6.